The van der Waals surface area contributed by atoms with Crippen molar-refractivity contribution in [3.8, 4) is 0 Å². The molecule has 1 N–H and O–H groups in total. The average molecular weight is 274 g/mol. The number of carbonyl (C=O) groups is 2. The number of aromatic nitrogens is 3. The van der Waals surface area contributed by atoms with E-state index in [1.54, 1.807) is 30.5 Å². The second kappa shape index (κ2) is 6.46. The first-order valence-corrected chi connectivity index (χ1v) is 6.08. The monoisotopic (exact) mass is 274 g/mol. The zero-order chi connectivity index (χ0) is 14.4. The topological polar surface area (TPSA) is 88.3 Å². The lowest BCUT2D eigenvalue weighted by atomic mass is 10.2. The second-order valence-electron chi connectivity index (χ2n) is 4.13. The molecule has 7 heteroatoms. The first-order valence-electron chi connectivity index (χ1n) is 6.08. The molecule has 1 heterocycles. The lowest BCUT2D eigenvalue weighted by Gasteiger charge is -2.22. The van der Waals surface area contributed by atoms with Gasteiger partial charge < -0.3 is 10.0 Å². The average Bonchev–Trinajstić information content (AvgIpc) is 2.92. The zero-order valence-electron chi connectivity index (χ0n) is 10.7. The van der Waals surface area contributed by atoms with Crippen LogP contribution in [0.25, 0.3) is 0 Å². The van der Waals surface area contributed by atoms with Crippen LogP contribution in [0.1, 0.15) is 6.42 Å². The van der Waals surface area contributed by atoms with E-state index < -0.39 is 5.97 Å². The number of carbonyl (C=O) groups excluding carboxylic acids is 1. The Morgan fingerprint density at radius 2 is 2.00 bits per heavy atom. The lowest BCUT2D eigenvalue weighted by molar-refractivity contribution is -0.136. The van der Waals surface area contributed by atoms with Gasteiger partial charge in [-0.25, -0.2) is 4.68 Å². The first-order chi connectivity index (χ1) is 9.66. The Morgan fingerprint density at radius 1 is 1.25 bits per heavy atom. The molecule has 0 aliphatic heterocycles. The van der Waals surface area contributed by atoms with Crippen molar-refractivity contribution in [2.75, 3.05) is 11.4 Å². The van der Waals surface area contributed by atoms with Crippen molar-refractivity contribution in [3.05, 3.63) is 42.7 Å². The fourth-order valence-corrected chi connectivity index (χ4v) is 1.75. The molecule has 7 nitrogen and oxygen atoms in total. The van der Waals surface area contributed by atoms with Gasteiger partial charge in [-0.15, -0.1) is 5.10 Å². The fraction of sp³-hybridized carbons (Fsp3) is 0.231. The van der Waals surface area contributed by atoms with E-state index in [4.69, 9.17) is 5.11 Å². The molecular formula is C13H14N4O3. The van der Waals surface area contributed by atoms with Crippen LogP contribution in [0.4, 0.5) is 5.69 Å². The standard InChI is InChI=1S/C13H14N4O3/c18-12(10-16-9-7-14-15-16)17(8-6-13(19)20)11-4-2-1-3-5-11/h1-5,7,9H,6,8,10H2,(H,19,20). The number of hydrogen-bond donors (Lipinski definition) is 1. The summed E-state index contributed by atoms with van der Waals surface area (Å²) < 4.78 is 1.40. The van der Waals surface area contributed by atoms with E-state index >= 15 is 0 Å². The summed E-state index contributed by atoms with van der Waals surface area (Å²) in [6.45, 7) is 0.140. The van der Waals surface area contributed by atoms with Crippen molar-refractivity contribution in [1.29, 1.82) is 0 Å². The van der Waals surface area contributed by atoms with Crippen LogP contribution < -0.4 is 4.90 Å². The summed E-state index contributed by atoms with van der Waals surface area (Å²) in [5.41, 5.74) is 0.666. The Hall–Kier alpha value is -2.70. The number of anilines is 1. The van der Waals surface area contributed by atoms with Gasteiger partial charge in [-0.1, -0.05) is 23.4 Å². The van der Waals surface area contributed by atoms with E-state index in [1.807, 2.05) is 6.07 Å². The zero-order valence-corrected chi connectivity index (χ0v) is 10.7. The predicted octanol–water partition coefficient (Wildman–Crippen LogP) is 0.786. The molecule has 0 unspecified atom stereocenters. The highest BCUT2D eigenvalue weighted by molar-refractivity contribution is 5.93. The van der Waals surface area contributed by atoms with Gasteiger partial charge in [-0.3, -0.25) is 9.59 Å². The fourth-order valence-electron chi connectivity index (χ4n) is 1.75. The molecule has 0 radical (unpaired) electrons. The Balaban J connectivity index is 2.13. The number of rotatable bonds is 6. The number of hydrogen-bond acceptors (Lipinski definition) is 4. The molecule has 0 atom stereocenters. The van der Waals surface area contributed by atoms with Crippen molar-refractivity contribution in [2.45, 2.75) is 13.0 Å². The summed E-state index contributed by atoms with van der Waals surface area (Å²) >= 11 is 0. The molecule has 0 spiro atoms. The normalized spacial score (nSPS) is 10.2. The molecule has 20 heavy (non-hydrogen) atoms. The van der Waals surface area contributed by atoms with Gasteiger partial charge in [0, 0.05) is 18.4 Å². The summed E-state index contributed by atoms with van der Waals surface area (Å²) in [7, 11) is 0. The number of para-hydroxylation sites is 1. The third-order valence-electron chi connectivity index (χ3n) is 2.69. The van der Waals surface area contributed by atoms with Gasteiger partial charge in [0.15, 0.2) is 0 Å². The van der Waals surface area contributed by atoms with Crippen LogP contribution in [0, 0.1) is 0 Å². The Kier molecular flexibility index (Phi) is 4.43. The molecule has 0 saturated heterocycles. The minimum absolute atomic E-state index is 0.0223. The van der Waals surface area contributed by atoms with E-state index in [0.29, 0.717) is 5.69 Å². The molecule has 104 valence electrons. The van der Waals surface area contributed by atoms with Crippen LogP contribution in [0.5, 0.6) is 0 Å². The van der Waals surface area contributed by atoms with Gasteiger partial charge >= 0.3 is 5.97 Å². The third kappa shape index (κ3) is 3.64. The van der Waals surface area contributed by atoms with E-state index in [1.165, 1.54) is 15.8 Å². The molecule has 0 saturated carbocycles. The van der Waals surface area contributed by atoms with Crippen LogP contribution in [0.3, 0.4) is 0 Å². The Bertz CT molecular complexity index is 569. The summed E-state index contributed by atoms with van der Waals surface area (Å²) in [5.74, 6) is -1.18. The molecule has 1 amide bonds. The van der Waals surface area contributed by atoms with Crippen LogP contribution in [0.2, 0.25) is 0 Å². The van der Waals surface area contributed by atoms with E-state index in [0.717, 1.165) is 0 Å². The molecule has 2 aromatic rings. The van der Waals surface area contributed by atoms with Gasteiger partial charge in [0.1, 0.15) is 6.54 Å². The van der Waals surface area contributed by atoms with Gasteiger partial charge in [0.05, 0.1) is 12.6 Å². The summed E-state index contributed by atoms with van der Waals surface area (Å²) in [5, 5.41) is 16.1. The van der Waals surface area contributed by atoms with Crippen molar-refractivity contribution >= 4 is 17.6 Å². The highest BCUT2D eigenvalue weighted by atomic mass is 16.4. The van der Waals surface area contributed by atoms with Crippen molar-refractivity contribution in [3.63, 3.8) is 0 Å². The molecule has 0 bridgehead atoms. The largest absolute Gasteiger partial charge is 0.481 e. The van der Waals surface area contributed by atoms with Crippen LogP contribution in [-0.2, 0) is 16.1 Å². The highest BCUT2D eigenvalue weighted by Crippen LogP contribution is 2.14. The third-order valence-corrected chi connectivity index (χ3v) is 2.69. The second-order valence-corrected chi connectivity index (χ2v) is 4.13. The Labute approximate surface area is 115 Å². The molecule has 1 aromatic heterocycles. The summed E-state index contributed by atoms with van der Waals surface area (Å²) in [6, 6.07) is 8.96. The predicted molar refractivity (Wildman–Crippen MR) is 71.1 cm³/mol. The SMILES string of the molecule is O=C(O)CCN(C(=O)Cn1ccnn1)c1ccccc1. The molecule has 0 aliphatic rings. The van der Waals surface area contributed by atoms with E-state index in [-0.39, 0.29) is 25.4 Å². The van der Waals surface area contributed by atoms with Crippen LogP contribution >= 0.6 is 0 Å². The maximum absolute atomic E-state index is 12.3. The number of nitrogens with zero attached hydrogens (tertiary/aromatic N) is 4. The molecular weight excluding hydrogens is 260 g/mol. The molecule has 0 fully saturated rings. The summed E-state index contributed by atoms with van der Waals surface area (Å²) in [6.07, 6.45) is 2.95. The quantitative estimate of drug-likeness (QED) is 0.841. The maximum Gasteiger partial charge on any atom is 0.305 e. The van der Waals surface area contributed by atoms with E-state index in [9.17, 15) is 9.59 Å². The highest BCUT2D eigenvalue weighted by Gasteiger charge is 2.17. The Morgan fingerprint density at radius 3 is 2.60 bits per heavy atom. The van der Waals surface area contributed by atoms with Crippen molar-refractivity contribution in [1.82, 2.24) is 15.0 Å². The molecule has 2 rings (SSSR count). The number of carboxylic acids is 1. The maximum atomic E-state index is 12.3. The van der Waals surface area contributed by atoms with Crippen LogP contribution in [0.15, 0.2) is 42.7 Å². The van der Waals surface area contributed by atoms with Gasteiger partial charge in [0.25, 0.3) is 0 Å². The van der Waals surface area contributed by atoms with Gasteiger partial charge in [-0.2, -0.15) is 0 Å². The number of amides is 1. The van der Waals surface area contributed by atoms with Gasteiger partial charge in [0.2, 0.25) is 5.91 Å². The van der Waals surface area contributed by atoms with E-state index in [2.05, 4.69) is 10.3 Å². The lowest BCUT2D eigenvalue weighted by Crippen LogP contribution is -2.35. The molecule has 1 aromatic carbocycles. The van der Waals surface area contributed by atoms with Crippen molar-refractivity contribution < 1.29 is 14.7 Å². The minimum Gasteiger partial charge on any atom is -0.481 e. The van der Waals surface area contributed by atoms with Crippen molar-refractivity contribution in [2.24, 2.45) is 0 Å². The molecule has 0 aliphatic carbocycles. The smallest absolute Gasteiger partial charge is 0.305 e. The number of carboxylic acid groups (broad SMARTS) is 1. The number of benzene rings is 1. The first kappa shape index (κ1) is 13.7. The summed E-state index contributed by atoms with van der Waals surface area (Å²) in [4.78, 5) is 24.4. The minimum atomic E-state index is -0.945. The van der Waals surface area contributed by atoms with Gasteiger partial charge in [-0.05, 0) is 12.1 Å². The van der Waals surface area contributed by atoms with Crippen LogP contribution in [-0.4, -0.2) is 38.5 Å². The number of aliphatic carboxylic acids is 1.